The summed E-state index contributed by atoms with van der Waals surface area (Å²) in [7, 11) is 0. The lowest BCUT2D eigenvalue weighted by atomic mass is 10.1. The van der Waals surface area contributed by atoms with Gasteiger partial charge in [-0.2, -0.15) is 4.98 Å². The molecule has 0 saturated carbocycles. The Kier molecular flexibility index (Phi) is 5.83. The molecule has 0 aliphatic rings. The topological polar surface area (TPSA) is 98.7 Å². The molecule has 1 atom stereocenters. The maximum Gasteiger partial charge on any atom is 0.271 e. The molecule has 0 spiro atoms. The van der Waals surface area contributed by atoms with Gasteiger partial charge in [0.15, 0.2) is 5.82 Å². The molecule has 3 heterocycles. The van der Waals surface area contributed by atoms with Gasteiger partial charge in [-0.15, -0.1) is 0 Å². The lowest BCUT2D eigenvalue weighted by Crippen LogP contribution is -2.26. The molecule has 1 amide bonds. The number of carbonyl (C=O) groups excluding carboxylic acids is 1. The highest BCUT2D eigenvalue weighted by molar-refractivity contribution is 5.92. The minimum absolute atomic E-state index is 0.240. The molecule has 0 bridgehead atoms. The summed E-state index contributed by atoms with van der Waals surface area (Å²) in [6, 6.07) is 9.26. The maximum absolute atomic E-state index is 13.1. The predicted octanol–water partition coefficient (Wildman–Crippen LogP) is 3.90. The largest absolute Gasteiger partial charge is 0.344 e. The van der Waals surface area contributed by atoms with Crippen LogP contribution in [0, 0.1) is 5.82 Å². The van der Waals surface area contributed by atoms with Crippen molar-refractivity contribution in [2.45, 2.75) is 32.7 Å². The molecule has 0 fully saturated rings. The maximum atomic E-state index is 13.1. The monoisotopic (exact) mass is 420 g/mol. The molecule has 4 rings (SSSR count). The van der Waals surface area contributed by atoms with Gasteiger partial charge in [0.1, 0.15) is 23.7 Å². The molecule has 0 aliphatic carbocycles. The predicted molar refractivity (Wildman–Crippen MR) is 111 cm³/mol. The number of hydrogen-bond acceptors (Lipinski definition) is 6. The second-order valence-electron chi connectivity index (χ2n) is 7.08. The summed E-state index contributed by atoms with van der Waals surface area (Å²) in [5.74, 6) is 0.975. The van der Waals surface area contributed by atoms with Crippen LogP contribution in [0.25, 0.3) is 17.3 Å². The lowest BCUT2D eigenvalue weighted by Gasteiger charge is -2.13. The van der Waals surface area contributed by atoms with E-state index in [9.17, 15) is 9.18 Å². The molecule has 158 valence electrons. The summed E-state index contributed by atoms with van der Waals surface area (Å²) in [6.07, 6.45) is 6.41. The van der Waals surface area contributed by atoms with Crippen LogP contribution >= 0.6 is 0 Å². The van der Waals surface area contributed by atoms with E-state index >= 15 is 0 Å². The molecule has 31 heavy (non-hydrogen) atoms. The van der Waals surface area contributed by atoms with E-state index in [4.69, 9.17) is 4.52 Å². The second-order valence-corrected chi connectivity index (χ2v) is 7.08. The van der Waals surface area contributed by atoms with Crippen LogP contribution in [0.15, 0.2) is 59.6 Å². The lowest BCUT2D eigenvalue weighted by molar-refractivity contribution is 0.0935. The Balaban J connectivity index is 1.49. The number of rotatable bonds is 7. The van der Waals surface area contributed by atoms with Crippen molar-refractivity contribution in [1.29, 1.82) is 0 Å². The number of imidazole rings is 1. The zero-order chi connectivity index (χ0) is 21.8. The number of aromatic nitrogens is 5. The summed E-state index contributed by atoms with van der Waals surface area (Å²) in [5.41, 5.74) is 1.76. The number of aryl methyl sites for hydroxylation is 1. The van der Waals surface area contributed by atoms with E-state index < -0.39 is 0 Å². The van der Waals surface area contributed by atoms with Crippen molar-refractivity contribution in [2.75, 3.05) is 0 Å². The Morgan fingerprint density at radius 2 is 2.03 bits per heavy atom. The molecule has 0 unspecified atom stereocenters. The number of amides is 1. The van der Waals surface area contributed by atoms with Gasteiger partial charge in [-0.3, -0.25) is 9.36 Å². The molecule has 4 aromatic rings. The third-order valence-corrected chi connectivity index (χ3v) is 4.73. The second kappa shape index (κ2) is 8.86. The summed E-state index contributed by atoms with van der Waals surface area (Å²) >= 11 is 0. The van der Waals surface area contributed by atoms with Crippen molar-refractivity contribution >= 4 is 5.91 Å². The van der Waals surface area contributed by atoms with E-state index in [-0.39, 0.29) is 23.5 Å². The summed E-state index contributed by atoms with van der Waals surface area (Å²) in [6.45, 7) is 3.87. The molecule has 1 N–H and O–H groups in total. The highest BCUT2D eigenvalue weighted by Gasteiger charge is 2.15. The molecule has 0 aliphatic heterocycles. The summed E-state index contributed by atoms with van der Waals surface area (Å²) in [4.78, 5) is 25.5. The van der Waals surface area contributed by atoms with Gasteiger partial charge in [-0.05, 0) is 43.2 Å². The van der Waals surface area contributed by atoms with Crippen LogP contribution in [0.2, 0.25) is 0 Å². The summed E-state index contributed by atoms with van der Waals surface area (Å²) < 4.78 is 20.1. The number of halogens is 1. The zero-order valence-electron chi connectivity index (χ0n) is 17.1. The number of nitrogens with zero attached hydrogens (tertiary/aromatic N) is 5. The minimum atomic E-state index is -0.340. The molecular weight excluding hydrogens is 399 g/mol. The molecular formula is C22H21FN6O2. The summed E-state index contributed by atoms with van der Waals surface area (Å²) in [5, 5.41) is 6.83. The third kappa shape index (κ3) is 4.66. The quantitative estimate of drug-likeness (QED) is 0.487. The highest BCUT2D eigenvalue weighted by Crippen LogP contribution is 2.20. The fraction of sp³-hybridized carbons (Fsp3) is 0.227. The molecule has 8 nitrogen and oxygen atoms in total. The van der Waals surface area contributed by atoms with Gasteiger partial charge in [0, 0.05) is 24.4 Å². The number of benzene rings is 1. The van der Waals surface area contributed by atoms with Crippen LogP contribution < -0.4 is 5.32 Å². The third-order valence-electron chi connectivity index (χ3n) is 4.73. The van der Waals surface area contributed by atoms with E-state index in [2.05, 4.69) is 25.4 Å². The molecule has 0 radical (unpaired) electrons. The molecule has 3 aromatic heterocycles. The Labute approximate surface area is 178 Å². The molecule has 1 aromatic carbocycles. The van der Waals surface area contributed by atoms with Crippen molar-refractivity contribution in [1.82, 2.24) is 30.0 Å². The van der Waals surface area contributed by atoms with E-state index in [1.54, 1.807) is 41.2 Å². The van der Waals surface area contributed by atoms with Crippen LogP contribution in [0.1, 0.15) is 48.2 Å². The van der Waals surface area contributed by atoms with Crippen LogP contribution in [-0.4, -0.2) is 30.6 Å². The average Bonchev–Trinajstić information content (AvgIpc) is 3.45. The number of carbonyl (C=O) groups is 1. The molecule has 0 saturated heterocycles. The van der Waals surface area contributed by atoms with Crippen molar-refractivity contribution < 1.29 is 13.7 Å². The number of nitrogens with one attached hydrogen (secondary N) is 1. The first kappa shape index (κ1) is 20.4. The first-order valence-corrected chi connectivity index (χ1v) is 9.93. The first-order valence-electron chi connectivity index (χ1n) is 9.93. The van der Waals surface area contributed by atoms with Crippen molar-refractivity contribution in [2.24, 2.45) is 0 Å². The van der Waals surface area contributed by atoms with Crippen LogP contribution in [-0.2, 0) is 6.42 Å². The van der Waals surface area contributed by atoms with E-state index in [1.807, 2.05) is 13.8 Å². The van der Waals surface area contributed by atoms with Crippen LogP contribution in [0.3, 0.4) is 0 Å². The first-order chi connectivity index (χ1) is 15.0. The van der Waals surface area contributed by atoms with Crippen LogP contribution in [0.5, 0.6) is 0 Å². The highest BCUT2D eigenvalue weighted by atomic mass is 19.1. The number of pyridine rings is 1. The van der Waals surface area contributed by atoms with Gasteiger partial charge >= 0.3 is 0 Å². The van der Waals surface area contributed by atoms with E-state index in [0.29, 0.717) is 17.5 Å². The van der Waals surface area contributed by atoms with Crippen LogP contribution in [0.4, 0.5) is 4.39 Å². The number of hydrogen-bond donors (Lipinski definition) is 1. The van der Waals surface area contributed by atoms with E-state index in [1.165, 1.54) is 18.5 Å². The standard InChI is InChI=1S/C22H21FN6O2/c1-3-4-19-27-22(31-28-19)16-9-10-24-20(11-16)29-12-18(25-13-29)21(30)26-14(2)15-5-7-17(23)8-6-15/h5-14H,3-4H2,1-2H3,(H,26,30)/t14-/m1/s1. The van der Waals surface area contributed by atoms with Gasteiger partial charge in [0.05, 0.1) is 6.04 Å². The average molecular weight is 420 g/mol. The Morgan fingerprint density at radius 3 is 2.81 bits per heavy atom. The smallest absolute Gasteiger partial charge is 0.271 e. The molecule has 9 heteroatoms. The Morgan fingerprint density at radius 1 is 1.23 bits per heavy atom. The Hall–Kier alpha value is -3.88. The zero-order valence-corrected chi connectivity index (χ0v) is 17.1. The van der Waals surface area contributed by atoms with Gasteiger partial charge in [-0.1, -0.05) is 24.2 Å². The SMILES string of the molecule is CCCc1noc(-c2ccnc(-n3cnc(C(=O)N[C@H](C)c4ccc(F)cc4)c3)c2)n1. The van der Waals surface area contributed by atoms with E-state index in [0.717, 1.165) is 24.0 Å². The van der Waals surface area contributed by atoms with Gasteiger partial charge in [-0.25, -0.2) is 14.4 Å². The normalized spacial score (nSPS) is 12.0. The fourth-order valence-corrected chi connectivity index (χ4v) is 3.06. The van der Waals surface area contributed by atoms with Crippen molar-refractivity contribution in [3.05, 3.63) is 78.0 Å². The van der Waals surface area contributed by atoms with Gasteiger partial charge in [0.2, 0.25) is 0 Å². The van der Waals surface area contributed by atoms with Gasteiger partial charge in [0.25, 0.3) is 11.8 Å². The Bertz CT molecular complexity index is 1180. The minimum Gasteiger partial charge on any atom is -0.344 e. The van der Waals surface area contributed by atoms with Gasteiger partial charge < -0.3 is 9.84 Å². The fourth-order valence-electron chi connectivity index (χ4n) is 3.06. The van der Waals surface area contributed by atoms with Crippen molar-refractivity contribution in [3.63, 3.8) is 0 Å². The van der Waals surface area contributed by atoms with Crippen molar-refractivity contribution in [3.8, 4) is 17.3 Å².